The summed E-state index contributed by atoms with van der Waals surface area (Å²) >= 11 is 23.3. The van der Waals surface area contributed by atoms with Gasteiger partial charge in [0.1, 0.15) is 10.0 Å². The van der Waals surface area contributed by atoms with Crippen LogP contribution in [0.1, 0.15) is 13.8 Å². The highest BCUT2D eigenvalue weighted by molar-refractivity contribution is 6.48. The molecule has 0 saturated heterocycles. The van der Waals surface area contributed by atoms with Crippen molar-refractivity contribution in [1.82, 2.24) is 4.98 Å². The Hall–Kier alpha value is 0.110. The van der Waals surface area contributed by atoms with E-state index in [1.54, 1.807) is 0 Å². The van der Waals surface area contributed by atoms with E-state index in [9.17, 15) is 0 Å². The van der Waals surface area contributed by atoms with Crippen LogP contribution in [0.4, 0.5) is 5.69 Å². The zero-order chi connectivity index (χ0) is 10.9. The zero-order valence-corrected chi connectivity index (χ0v) is 10.6. The van der Waals surface area contributed by atoms with Gasteiger partial charge < -0.3 is 5.32 Å². The predicted octanol–water partition coefficient (Wildman–Crippen LogP) is 4.52. The summed E-state index contributed by atoms with van der Waals surface area (Å²) in [6, 6.07) is 0.180. The van der Waals surface area contributed by atoms with Gasteiger partial charge in [-0.15, -0.1) is 0 Å². The van der Waals surface area contributed by atoms with Gasteiger partial charge in [0, 0.05) is 6.04 Å². The molecule has 78 valence electrons. The van der Waals surface area contributed by atoms with Crippen LogP contribution in [0.3, 0.4) is 0 Å². The molecule has 0 spiro atoms. The van der Waals surface area contributed by atoms with Crippen molar-refractivity contribution in [3.8, 4) is 0 Å². The molecule has 1 heterocycles. The summed E-state index contributed by atoms with van der Waals surface area (Å²) in [6.45, 7) is 3.91. The number of halogens is 4. The zero-order valence-electron chi connectivity index (χ0n) is 7.54. The molecule has 0 amide bonds. The van der Waals surface area contributed by atoms with Crippen molar-refractivity contribution in [2.45, 2.75) is 19.9 Å². The van der Waals surface area contributed by atoms with Crippen LogP contribution >= 0.6 is 46.4 Å². The first-order valence-electron chi connectivity index (χ1n) is 3.90. The van der Waals surface area contributed by atoms with Gasteiger partial charge in [-0.2, -0.15) is 0 Å². The Morgan fingerprint density at radius 1 is 1.00 bits per heavy atom. The summed E-state index contributed by atoms with van der Waals surface area (Å²) in [5, 5.41) is 3.91. The maximum Gasteiger partial charge on any atom is 0.151 e. The van der Waals surface area contributed by atoms with E-state index in [0.29, 0.717) is 5.69 Å². The summed E-state index contributed by atoms with van der Waals surface area (Å²) in [6.07, 6.45) is 0. The standard InChI is InChI=1S/C8H8Cl4N2/c1-3(2)13-6-4(9)7(11)14-8(12)5(6)10/h3H,1-2H3,(H,13,14). The molecule has 0 fully saturated rings. The monoisotopic (exact) mass is 272 g/mol. The molecule has 0 unspecified atom stereocenters. The second-order valence-electron chi connectivity index (χ2n) is 3.00. The van der Waals surface area contributed by atoms with Crippen LogP contribution < -0.4 is 5.32 Å². The van der Waals surface area contributed by atoms with Crippen molar-refractivity contribution in [3.05, 3.63) is 20.4 Å². The van der Waals surface area contributed by atoms with E-state index in [1.165, 1.54) is 0 Å². The summed E-state index contributed by atoms with van der Waals surface area (Å²) in [5.74, 6) is 0. The number of hydrogen-bond acceptors (Lipinski definition) is 2. The number of pyridine rings is 1. The number of aromatic nitrogens is 1. The molecule has 1 rings (SSSR count). The largest absolute Gasteiger partial charge is 0.380 e. The molecular formula is C8H8Cl4N2. The normalized spacial score (nSPS) is 10.8. The summed E-state index contributed by atoms with van der Waals surface area (Å²) < 4.78 is 0. The molecule has 2 nitrogen and oxygen atoms in total. The fourth-order valence-corrected chi connectivity index (χ4v) is 1.73. The first kappa shape index (κ1) is 12.2. The van der Waals surface area contributed by atoms with E-state index < -0.39 is 0 Å². The minimum absolute atomic E-state index is 0.143. The minimum Gasteiger partial charge on any atom is -0.380 e. The fourth-order valence-electron chi connectivity index (χ4n) is 0.902. The van der Waals surface area contributed by atoms with Crippen LogP contribution in [0.25, 0.3) is 0 Å². The smallest absolute Gasteiger partial charge is 0.151 e. The number of nitrogens with one attached hydrogen (secondary N) is 1. The van der Waals surface area contributed by atoms with Gasteiger partial charge in [0.15, 0.2) is 10.3 Å². The molecule has 1 N–H and O–H groups in total. The molecule has 14 heavy (non-hydrogen) atoms. The number of anilines is 1. The van der Waals surface area contributed by atoms with E-state index in [2.05, 4.69) is 10.3 Å². The third-order valence-corrected chi connectivity index (χ3v) is 2.91. The van der Waals surface area contributed by atoms with E-state index in [0.717, 1.165) is 0 Å². The number of rotatable bonds is 2. The minimum atomic E-state index is 0.143. The SMILES string of the molecule is CC(C)Nc1c(Cl)c(Cl)nc(Cl)c1Cl. The predicted molar refractivity (Wildman–Crippen MR) is 63.0 cm³/mol. The molecule has 6 heteroatoms. The lowest BCUT2D eigenvalue weighted by molar-refractivity contribution is 0.899. The number of hydrogen-bond donors (Lipinski definition) is 1. The Labute approximate surface area is 103 Å². The van der Waals surface area contributed by atoms with Gasteiger partial charge in [-0.1, -0.05) is 46.4 Å². The van der Waals surface area contributed by atoms with Gasteiger partial charge in [0.05, 0.1) is 5.69 Å². The van der Waals surface area contributed by atoms with Crippen molar-refractivity contribution in [3.63, 3.8) is 0 Å². The number of nitrogens with zero attached hydrogens (tertiary/aromatic N) is 1. The lowest BCUT2D eigenvalue weighted by Gasteiger charge is -2.14. The van der Waals surface area contributed by atoms with Crippen LogP contribution in [-0.2, 0) is 0 Å². The van der Waals surface area contributed by atoms with E-state index in [-0.39, 0.29) is 26.4 Å². The molecule has 0 atom stereocenters. The summed E-state index contributed by atoms with van der Waals surface area (Å²) in [7, 11) is 0. The third-order valence-electron chi connectivity index (χ3n) is 1.43. The van der Waals surface area contributed by atoms with Gasteiger partial charge in [-0.05, 0) is 13.8 Å². The van der Waals surface area contributed by atoms with Crippen LogP contribution in [0.15, 0.2) is 0 Å². The molecule has 1 aromatic rings. The van der Waals surface area contributed by atoms with Gasteiger partial charge in [0.25, 0.3) is 0 Å². The van der Waals surface area contributed by atoms with E-state index >= 15 is 0 Å². The third kappa shape index (κ3) is 2.57. The topological polar surface area (TPSA) is 24.9 Å². The van der Waals surface area contributed by atoms with Gasteiger partial charge in [-0.25, -0.2) is 4.98 Å². The second kappa shape index (κ2) is 4.75. The second-order valence-corrected chi connectivity index (χ2v) is 4.47. The Morgan fingerprint density at radius 2 is 1.43 bits per heavy atom. The van der Waals surface area contributed by atoms with Crippen LogP contribution in [0, 0.1) is 0 Å². The van der Waals surface area contributed by atoms with Crippen molar-refractivity contribution < 1.29 is 0 Å². The van der Waals surface area contributed by atoms with Crippen LogP contribution in [0.5, 0.6) is 0 Å². The molecule has 0 saturated carbocycles. The van der Waals surface area contributed by atoms with Crippen LogP contribution in [-0.4, -0.2) is 11.0 Å². The molecule has 0 aliphatic rings. The van der Waals surface area contributed by atoms with E-state index in [4.69, 9.17) is 46.4 Å². The molecule has 0 aromatic carbocycles. The van der Waals surface area contributed by atoms with Crippen molar-refractivity contribution in [1.29, 1.82) is 0 Å². The maximum atomic E-state index is 5.91. The first-order valence-corrected chi connectivity index (χ1v) is 5.41. The molecule has 0 aliphatic heterocycles. The Bertz CT molecular complexity index is 325. The van der Waals surface area contributed by atoms with Crippen LogP contribution in [0.2, 0.25) is 20.4 Å². The highest BCUT2D eigenvalue weighted by Gasteiger charge is 2.15. The lowest BCUT2D eigenvalue weighted by atomic mass is 10.3. The Morgan fingerprint density at radius 3 is 1.79 bits per heavy atom. The Balaban J connectivity index is 3.25. The van der Waals surface area contributed by atoms with Crippen molar-refractivity contribution in [2.24, 2.45) is 0 Å². The van der Waals surface area contributed by atoms with Crippen molar-refractivity contribution in [2.75, 3.05) is 5.32 Å². The maximum absolute atomic E-state index is 5.91. The Kier molecular flexibility index (Phi) is 4.14. The van der Waals surface area contributed by atoms with Crippen molar-refractivity contribution >= 4 is 52.1 Å². The fraction of sp³-hybridized carbons (Fsp3) is 0.375. The first-order chi connectivity index (χ1) is 6.43. The molecule has 0 aliphatic carbocycles. The quantitative estimate of drug-likeness (QED) is 0.802. The molecule has 0 bridgehead atoms. The van der Waals surface area contributed by atoms with Gasteiger partial charge >= 0.3 is 0 Å². The lowest BCUT2D eigenvalue weighted by Crippen LogP contribution is -2.11. The molecule has 1 aromatic heterocycles. The highest BCUT2D eigenvalue weighted by atomic mass is 35.5. The molecule has 0 radical (unpaired) electrons. The highest BCUT2D eigenvalue weighted by Crippen LogP contribution is 2.38. The van der Waals surface area contributed by atoms with Gasteiger partial charge in [-0.3, -0.25) is 0 Å². The summed E-state index contributed by atoms with van der Waals surface area (Å²) in [4.78, 5) is 3.77. The average molecular weight is 274 g/mol. The molecular weight excluding hydrogens is 266 g/mol. The summed E-state index contributed by atoms with van der Waals surface area (Å²) in [5.41, 5.74) is 0.522. The average Bonchev–Trinajstić information content (AvgIpc) is 2.09. The van der Waals surface area contributed by atoms with Gasteiger partial charge in [0.2, 0.25) is 0 Å². The van der Waals surface area contributed by atoms with E-state index in [1.807, 2.05) is 13.8 Å².